The molecule has 0 radical (unpaired) electrons. The molecule has 0 bridgehead atoms. The molecule has 2 aromatic rings. The van der Waals surface area contributed by atoms with E-state index in [9.17, 15) is 0 Å². The molecule has 5 nitrogen and oxygen atoms in total. The van der Waals surface area contributed by atoms with E-state index in [1.54, 1.807) is 6.20 Å². The van der Waals surface area contributed by atoms with Crippen LogP contribution >= 0.6 is 11.5 Å². The Labute approximate surface area is 97.7 Å². The minimum absolute atomic E-state index is 0.628. The molecule has 2 heterocycles. The van der Waals surface area contributed by atoms with Gasteiger partial charge in [-0.05, 0) is 18.9 Å². The number of hydrogen-bond donors (Lipinski definition) is 1. The van der Waals surface area contributed by atoms with Gasteiger partial charge in [-0.2, -0.15) is 9.47 Å². The van der Waals surface area contributed by atoms with Gasteiger partial charge in [0, 0.05) is 30.7 Å². The van der Waals surface area contributed by atoms with E-state index in [4.69, 9.17) is 0 Å². The molecule has 0 unspecified atom stereocenters. The zero-order valence-electron chi connectivity index (χ0n) is 9.05. The third-order valence-corrected chi connectivity index (χ3v) is 3.41. The van der Waals surface area contributed by atoms with Crippen molar-refractivity contribution in [2.75, 3.05) is 5.32 Å². The lowest BCUT2D eigenvalue weighted by Crippen LogP contribution is -2.05. The smallest absolute Gasteiger partial charge is 0.202 e. The summed E-state index contributed by atoms with van der Waals surface area (Å²) in [4.78, 5) is 4.47. The van der Waals surface area contributed by atoms with Crippen molar-refractivity contribution in [3.05, 3.63) is 23.8 Å². The van der Waals surface area contributed by atoms with Crippen molar-refractivity contribution in [3.63, 3.8) is 0 Å². The quantitative estimate of drug-likeness (QED) is 0.877. The molecule has 1 N–H and O–H groups in total. The average Bonchev–Trinajstić information content (AvgIpc) is 2.89. The first-order valence-corrected chi connectivity index (χ1v) is 6.14. The van der Waals surface area contributed by atoms with E-state index >= 15 is 0 Å². The Morgan fingerprint density at radius 2 is 2.44 bits per heavy atom. The van der Waals surface area contributed by atoms with Crippen LogP contribution in [0.1, 0.15) is 30.3 Å². The van der Waals surface area contributed by atoms with Crippen LogP contribution in [0.15, 0.2) is 12.3 Å². The van der Waals surface area contributed by atoms with Gasteiger partial charge >= 0.3 is 0 Å². The predicted octanol–water partition coefficient (Wildman–Crippen LogP) is 1.76. The fourth-order valence-electron chi connectivity index (χ4n) is 1.55. The van der Waals surface area contributed by atoms with E-state index in [2.05, 4.69) is 19.8 Å². The topological polar surface area (TPSA) is 55.6 Å². The van der Waals surface area contributed by atoms with Gasteiger partial charge in [0.25, 0.3) is 0 Å². The minimum atomic E-state index is 0.628. The van der Waals surface area contributed by atoms with Crippen molar-refractivity contribution in [3.8, 4) is 0 Å². The number of anilines is 1. The zero-order valence-corrected chi connectivity index (χ0v) is 9.87. The van der Waals surface area contributed by atoms with Crippen molar-refractivity contribution in [2.24, 2.45) is 7.05 Å². The molecule has 0 amide bonds. The van der Waals surface area contributed by atoms with Crippen LogP contribution in [-0.4, -0.2) is 19.1 Å². The van der Waals surface area contributed by atoms with E-state index < -0.39 is 0 Å². The molecule has 3 rings (SSSR count). The molecule has 2 aromatic heterocycles. The van der Waals surface area contributed by atoms with Gasteiger partial charge in [-0.1, -0.05) is 0 Å². The number of nitrogens with one attached hydrogen (secondary N) is 1. The van der Waals surface area contributed by atoms with Gasteiger partial charge < -0.3 is 5.32 Å². The van der Waals surface area contributed by atoms with Crippen LogP contribution in [0.3, 0.4) is 0 Å². The summed E-state index contributed by atoms with van der Waals surface area (Å²) < 4.78 is 6.20. The van der Waals surface area contributed by atoms with E-state index in [0.29, 0.717) is 5.92 Å². The summed E-state index contributed by atoms with van der Waals surface area (Å²) >= 11 is 1.44. The summed E-state index contributed by atoms with van der Waals surface area (Å²) in [5, 5.41) is 8.30. The summed E-state index contributed by atoms with van der Waals surface area (Å²) in [6.45, 7) is 0.746. The van der Waals surface area contributed by atoms with Crippen molar-refractivity contribution < 1.29 is 0 Å². The lowest BCUT2D eigenvalue weighted by molar-refractivity contribution is 0.720. The van der Waals surface area contributed by atoms with Crippen molar-refractivity contribution in [1.82, 2.24) is 19.1 Å². The molecule has 84 valence electrons. The zero-order chi connectivity index (χ0) is 11.0. The van der Waals surface area contributed by atoms with Gasteiger partial charge in [0.15, 0.2) is 0 Å². The van der Waals surface area contributed by atoms with Crippen LogP contribution in [0, 0.1) is 0 Å². The molecule has 6 heteroatoms. The number of rotatable bonds is 4. The van der Waals surface area contributed by atoms with Crippen LogP contribution in [0.5, 0.6) is 0 Å². The molecule has 1 fully saturated rings. The third-order valence-electron chi connectivity index (χ3n) is 2.73. The highest BCUT2D eigenvalue weighted by Gasteiger charge is 2.27. The Morgan fingerprint density at radius 1 is 1.56 bits per heavy atom. The summed E-state index contributed by atoms with van der Waals surface area (Å²) in [7, 11) is 1.94. The maximum absolute atomic E-state index is 4.47. The Hall–Kier alpha value is -1.43. The fourth-order valence-corrected chi connectivity index (χ4v) is 2.20. The van der Waals surface area contributed by atoms with Crippen LogP contribution in [0.25, 0.3) is 0 Å². The van der Waals surface area contributed by atoms with E-state index in [1.165, 1.54) is 24.4 Å². The Bertz CT molecular complexity index is 485. The van der Waals surface area contributed by atoms with Crippen molar-refractivity contribution >= 4 is 16.7 Å². The highest BCUT2D eigenvalue weighted by molar-refractivity contribution is 7.09. The molecule has 16 heavy (non-hydrogen) atoms. The van der Waals surface area contributed by atoms with Crippen LogP contribution in [-0.2, 0) is 13.6 Å². The molecule has 0 aromatic carbocycles. The first-order valence-electron chi connectivity index (χ1n) is 5.37. The monoisotopic (exact) mass is 235 g/mol. The summed E-state index contributed by atoms with van der Waals surface area (Å²) in [6.07, 6.45) is 4.29. The summed E-state index contributed by atoms with van der Waals surface area (Å²) in [5.41, 5.74) is 1.14. The second-order valence-corrected chi connectivity index (χ2v) is 4.78. The normalized spacial score (nSPS) is 15.3. The van der Waals surface area contributed by atoms with Gasteiger partial charge in [-0.15, -0.1) is 0 Å². The van der Waals surface area contributed by atoms with Crippen molar-refractivity contribution in [1.29, 1.82) is 0 Å². The average molecular weight is 235 g/mol. The fraction of sp³-hybridized carbons (Fsp3) is 0.500. The van der Waals surface area contributed by atoms with E-state index in [1.807, 2.05) is 17.8 Å². The maximum atomic E-state index is 4.47. The van der Waals surface area contributed by atoms with Crippen LogP contribution in [0.2, 0.25) is 0 Å². The number of aromatic nitrogens is 4. The second-order valence-electron chi connectivity index (χ2n) is 4.03. The highest BCUT2D eigenvalue weighted by atomic mass is 32.1. The largest absolute Gasteiger partial charge is 0.355 e. The van der Waals surface area contributed by atoms with Gasteiger partial charge in [-0.3, -0.25) is 4.68 Å². The molecule has 0 atom stereocenters. The molecule has 0 spiro atoms. The first-order chi connectivity index (χ1) is 7.83. The molecule has 0 aliphatic heterocycles. The lowest BCUT2D eigenvalue weighted by atomic mass is 10.4. The minimum Gasteiger partial charge on any atom is -0.355 e. The summed E-state index contributed by atoms with van der Waals surface area (Å²) in [5.74, 6) is 1.64. The maximum Gasteiger partial charge on any atom is 0.202 e. The Kier molecular flexibility index (Phi) is 2.36. The van der Waals surface area contributed by atoms with Gasteiger partial charge in [0.2, 0.25) is 5.13 Å². The predicted molar refractivity (Wildman–Crippen MR) is 62.4 cm³/mol. The van der Waals surface area contributed by atoms with Gasteiger partial charge in [0.05, 0.1) is 12.2 Å². The SMILES string of the molecule is Cn1nccc1CNc1nc(C2CC2)ns1. The number of nitrogens with zero attached hydrogens (tertiary/aromatic N) is 4. The van der Waals surface area contributed by atoms with Gasteiger partial charge in [0.1, 0.15) is 5.82 Å². The second kappa shape index (κ2) is 3.86. The van der Waals surface area contributed by atoms with Gasteiger partial charge in [-0.25, -0.2) is 4.98 Å². The van der Waals surface area contributed by atoms with Crippen molar-refractivity contribution in [2.45, 2.75) is 25.3 Å². The third kappa shape index (κ3) is 1.92. The molecule has 1 saturated carbocycles. The number of hydrogen-bond acceptors (Lipinski definition) is 5. The Balaban J connectivity index is 1.63. The molecule has 0 saturated heterocycles. The van der Waals surface area contributed by atoms with E-state index in [0.717, 1.165) is 23.2 Å². The number of aryl methyl sites for hydroxylation is 1. The lowest BCUT2D eigenvalue weighted by Gasteiger charge is -2.01. The first kappa shape index (κ1) is 9.77. The summed E-state index contributed by atoms with van der Waals surface area (Å²) in [6, 6.07) is 2.00. The standard InChI is InChI=1S/C10H13N5S/c1-15-8(4-5-12-15)6-11-10-13-9(14-16-10)7-2-3-7/h4-5,7H,2-3,6H2,1H3,(H,11,13,14). The Morgan fingerprint density at radius 3 is 3.12 bits per heavy atom. The molecule has 1 aliphatic carbocycles. The van der Waals surface area contributed by atoms with E-state index in [-0.39, 0.29) is 0 Å². The molecular formula is C10H13N5S. The molecule has 1 aliphatic rings. The highest BCUT2D eigenvalue weighted by Crippen LogP contribution is 2.39. The van der Waals surface area contributed by atoms with Crippen LogP contribution < -0.4 is 5.32 Å². The van der Waals surface area contributed by atoms with Crippen LogP contribution in [0.4, 0.5) is 5.13 Å². The molecular weight excluding hydrogens is 222 g/mol.